The standard InChI is InChI=1S/C16H16N2O4S/c1-11-6-12-9-18(10-13(12)8-17-11)23(19,20)14-2-3-15-16(7-14)22-5-4-21-15/h2-3,6-8H,4-5,9-10H2,1H3. The molecule has 1 aromatic carbocycles. The van der Waals surface area contributed by atoms with E-state index in [1.165, 1.54) is 10.4 Å². The lowest BCUT2D eigenvalue weighted by atomic mass is 10.2. The van der Waals surface area contributed by atoms with Gasteiger partial charge in [0.25, 0.3) is 0 Å². The summed E-state index contributed by atoms with van der Waals surface area (Å²) in [7, 11) is -3.58. The second-order valence-corrected chi connectivity index (χ2v) is 7.61. The molecular formula is C16H16N2O4S. The smallest absolute Gasteiger partial charge is 0.243 e. The van der Waals surface area contributed by atoms with Gasteiger partial charge in [0.2, 0.25) is 10.0 Å². The molecule has 0 bridgehead atoms. The van der Waals surface area contributed by atoms with Gasteiger partial charge in [-0.1, -0.05) is 0 Å². The normalized spacial score (nSPS) is 17.1. The van der Waals surface area contributed by atoms with Gasteiger partial charge in [0.15, 0.2) is 11.5 Å². The SMILES string of the molecule is Cc1cc2c(cn1)CN(S(=O)(=O)c1ccc3c(c1)OCCO3)C2. The van der Waals surface area contributed by atoms with Crippen molar-refractivity contribution in [2.45, 2.75) is 24.9 Å². The summed E-state index contributed by atoms with van der Waals surface area (Å²) in [6.45, 7) is 3.52. The van der Waals surface area contributed by atoms with Crippen LogP contribution in [0.1, 0.15) is 16.8 Å². The van der Waals surface area contributed by atoms with Gasteiger partial charge in [-0.25, -0.2) is 8.42 Å². The van der Waals surface area contributed by atoms with E-state index in [4.69, 9.17) is 9.47 Å². The van der Waals surface area contributed by atoms with E-state index in [-0.39, 0.29) is 4.90 Å². The first-order chi connectivity index (χ1) is 11.0. The topological polar surface area (TPSA) is 68.7 Å². The molecular weight excluding hydrogens is 316 g/mol. The molecule has 2 aliphatic rings. The number of ether oxygens (including phenoxy) is 2. The lowest BCUT2D eigenvalue weighted by Gasteiger charge is -2.20. The van der Waals surface area contributed by atoms with Gasteiger partial charge in [0.05, 0.1) is 4.90 Å². The molecule has 0 unspecified atom stereocenters. The highest BCUT2D eigenvalue weighted by atomic mass is 32.2. The summed E-state index contributed by atoms with van der Waals surface area (Å²) in [6.07, 6.45) is 1.75. The van der Waals surface area contributed by atoms with E-state index in [1.807, 2.05) is 13.0 Å². The Morgan fingerprint density at radius 1 is 1.04 bits per heavy atom. The van der Waals surface area contributed by atoms with Crippen LogP contribution in [0.4, 0.5) is 0 Å². The van der Waals surface area contributed by atoms with Crippen molar-refractivity contribution in [3.63, 3.8) is 0 Å². The van der Waals surface area contributed by atoms with E-state index in [0.29, 0.717) is 37.8 Å². The van der Waals surface area contributed by atoms with Crippen molar-refractivity contribution < 1.29 is 17.9 Å². The van der Waals surface area contributed by atoms with Gasteiger partial charge in [0.1, 0.15) is 13.2 Å². The predicted molar refractivity (Wildman–Crippen MR) is 82.8 cm³/mol. The van der Waals surface area contributed by atoms with Crippen LogP contribution in [0.5, 0.6) is 11.5 Å². The molecule has 0 atom stereocenters. The summed E-state index contributed by atoms with van der Waals surface area (Å²) in [5.74, 6) is 1.06. The zero-order valence-corrected chi connectivity index (χ0v) is 13.5. The lowest BCUT2D eigenvalue weighted by molar-refractivity contribution is 0.171. The number of sulfonamides is 1. The molecule has 7 heteroatoms. The first kappa shape index (κ1) is 14.5. The van der Waals surface area contributed by atoms with E-state index in [1.54, 1.807) is 18.3 Å². The van der Waals surface area contributed by atoms with Gasteiger partial charge >= 0.3 is 0 Å². The van der Waals surface area contributed by atoms with Crippen LogP contribution in [-0.4, -0.2) is 30.9 Å². The van der Waals surface area contributed by atoms with E-state index in [0.717, 1.165) is 16.8 Å². The summed E-state index contributed by atoms with van der Waals surface area (Å²) in [6, 6.07) is 6.69. The zero-order valence-electron chi connectivity index (χ0n) is 12.7. The highest BCUT2D eigenvalue weighted by Gasteiger charge is 2.31. The maximum Gasteiger partial charge on any atom is 0.243 e. The molecule has 0 saturated heterocycles. The summed E-state index contributed by atoms with van der Waals surface area (Å²) >= 11 is 0. The van der Waals surface area contributed by atoms with E-state index in [2.05, 4.69) is 4.98 Å². The summed E-state index contributed by atoms with van der Waals surface area (Å²) < 4.78 is 38.1. The summed E-state index contributed by atoms with van der Waals surface area (Å²) in [5.41, 5.74) is 2.86. The van der Waals surface area contributed by atoms with Crippen molar-refractivity contribution in [2.24, 2.45) is 0 Å². The number of fused-ring (bicyclic) bond motifs is 2. The summed E-state index contributed by atoms with van der Waals surface area (Å²) in [5, 5.41) is 0. The minimum Gasteiger partial charge on any atom is -0.486 e. The Morgan fingerprint density at radius 3 is 2.61 bits per heavy atom. The Bertz CT molecular complexity index is 880. The Balaban J connectivity index is 1.67. The number of aromatic nitrogens is 1. The molecule has 0 amide bonds. The Hall–Kier alpha value is -2.12. The minimum atomic E-state index is -3.58. The number of benzene rings is 1. The van der Waals surface area contributed by atoms with Crippen LogP contribution in [0.15, 0.2) is 35.4 Å². The number of hydrogen-bond donors (Lipinski definition) is 0. The highest BCUT2D eigenvalue weighted by Crippen LogP contribution is 2.35. The van der Waals surface area contributed by atoms with Crippen LogP contribution in [0.2, 0.25) is 0 Å². The third-order valence-electron chi connectivity index (χ3n) is 4.06. The van der Waals surface area contributed by atoms with E-state index < -0.39 is 10.0 Å². The number of nitrogens with zero attached hydrogens (tertiary/aromatic N) is 2. The second-order valence-electron chi connectivity index (χ2n) is 5.67. The number of pyridine rings is 1. The molecule has 0 radical (unpaired) electrons. The van der Waals surface area contributed by atoms with Crippen molar-refractivity contribution in [2.75, 3.05) is 13.2 Å². The van der Waals surface area contributed by atoms with Crippen molar-refractivity contribution in [1.82, 2.24) is 9.29 Å². The molecule has 6 nitrogen and oxygen atoms in total. The largest absolute Gasteiger partial charge is 0.486 e. The van der Waals surface area contributed by atoms with Gasteiger partial charge in [-0.3, -0.25) is 4.98 Å². The number of hydrogen-bond acceptors (Lipinski definition) is 5. The quantitative estimate of drug-likeness (QED) is 0.840. The molecule has 1 aromatic heterocycles. The lowest BCUT2D eigenvalue weighted by Crippen LogP contribution is -2.26. The van der Waals surface area contributed by atoms with Crippen LogP contribution >= 0.6 is 0 Å². The molecule has 2 aliphatic heterocycles. The molecule has 0 spiro atoms. The monoisotopic (exact) mass is 332 g/mol. The fourth-order valence-electron chi connectivity index (χ4n) is 2.87. The van der Waals surface area contributed by atoms with Crippen LogP contribution in [0, 0.1) is 6.92 Å². The first-order valence-corrected chi connectivity index (χ1v) is 8.82. The Morgan fingerprint density at radius 2 is 1.78 bits per heavy atom. The van der Waals surface area contributed by atoms with Crippen molar-refractivity contribution >= 4 is 10.0 Å². The molecule has 2 aromatic rings. The fraction of sp³-hybridized carbons (Fsp3) is 0.312. The predicted octanol–water partition coefficient (Wildman–Crippen LogP) is 1.87. The molecule has 0 fully saturated rings. The molecule has 0 N–H and O–H groups in total. The first-order valence-electron chi connectivity index (χ1n) is 7.38. The highest BCUT2D eigenvalue weighted by molar-refractivity contribution is 7.89. The van der Waals surface area contributed by atoms with Crippen LogP contribution in [-0.2, 0) is 23.1 Å². The molecule has 120 valence electrons. The third-order valence-corrected chi connectivity index (χ3v) is 5.85. The molecule has 0 saturated carbocycles. The number of aryl methyl sites for hydroxylation is 1. The van der Waals surface area contributed by atoms with Crippen molar-refractivity contribution in [3.05, 3.63) is 47.3 Å². The van der Waals surface area contributed by atoms with E-state index in [9.17, 15) is 8.42 Å². The maximum atomic E-state index is 12.9. The second kappa shape index (κ2) is 5.21. The van der Waals surface area contributed by atoms with Gasteiger partial charge in [-0.15, -0.1) is 0 Å². The third kappa shape index (κ3) is 2.46. The number of rotatable bonds is 2. The molecule has 3 heterocycles. The molecule has 23 heavy (non-hydrogen) atoms. The average Bonchev–Trinajstić information content (AvgIpc) is 2.98. The van der Waals surface area contributed by atoms with Crippen LogP contribution in [0.3, 0.4) is 0 Å². The summed E-state index contributed by atoms with van der Waals surface area (Å²) in [4.78, 5) is 4.46. The van der Waals surface area contributed by atoms with Crippen molar-refractivity contribution in [1.29, 1.82) is 0 Å². The van der Waals surface area contributed by atoms with Gasteiger partial charge in [-0.05, 0) is 36.2 Å². The zero-order chi connectivity index (χ0) is 16.0. The van der Waals surface area contributed by atoms with Crippen molar-refractivity contribution in [3.8, 4) is 11.5 Å². The fourth-order valence-corrected chi connectivity index (χ4v) is 4.29. The van der Waals surface area contributed by atoms with Gasteiger partial charge in [0, 0.05) is 31.0 Å². The Kier molecular flexibility index (Phi) is 3.28. The van der Waals surface area contributed by atoms with Gasteiger partial charge < -0.3 is 9.47 Å². The van der Waals surface area contributed by atoms with Gasteiger partial charge in [-0.2, -0.15) is 4.31 Å². The van der Waals surface area contributed by atoms with E-state index >= 15 is 0 Å². The van der Waals surface area contributed by atoms with Crippen LogP contribution < -0.4 is 9.47 Å². The average molecular weight is 332 g/mol. The minimum absolute atomic E-state index is 0.222. The Labute approximate surface area is 134 Å². The molecule has 0 aliphatic carbocycles. The molecule has 4 rings (SSSR count). The maximum absolute atomic E-state index is 12.9. The van der Waals surface area contributed by atoms with Crippen LogP contribution in [0.25, 0.3) is 0 Å².